The van der Waals surface area contributed by atoms with Crippen molar-refractivity contribution in [3.63, 3.8) is 0 Å². The zero-order chi connectivity index (χ0) is 13.7. The van der Waals surface area contributed by atoms with Crippen LogP contribution in [-0.4, -0.2) is 28.5 Å². The lowest BCUT2D eigenvalue weighted by Gasteiger charge is -2.20. The Balaban J connectivity index is 2.94. The van der Waals surface area contributed by atoms with Crippen molar-refractivity contribution in [2.45, 2.75) is 26.8 Å². The van der Waals surface area contributed by atoms with Crippen LogP contribution in [-0.2, 0) is 4.79 Å². The highest BCUT2D eigenvalue weighted by molar-refractivity contribution is 6.32. The normalized spacial score (nSPS) is 12.3. The van der Waals surface area contributed by atoms with Crippen molar-refractivity contribution >= 4 is 29.3 Å². The molecule has 18 heavy (non-hydrogen) atoms. The first-order valence-electron chi connectivity index (χ1n) is 5.78. The molecule has 1 unspecified atom stereocenters. The van der Waals surface area contributed by atoms with Crippen LogP contribution in [0.4, 0.5) is 11.8 Å². The van der Waals surface area contributed by atoms with E-state index in [2.05, 4.69) is 20.6 Å². The Labute approximate surface area is 111 Å². The topological polar surface area (TPSA) is 92.9 Å². The number of nitrogens with one attached hydrogen (secondary N) is 2. The van der Waals surface area contributed by atoms with Gasteiger partial charge in [0.1, 0.15) is 11.1 Å². The van der Waals surface area contributed by atoms with Crippen molar-refractivity contribution in [3.05, 3.63) is 11.2 Å². The first kappa shape index (κ1) is 14.5. The van der Waals surface area contributed by atoms with Crippen LogP contribution in [0.15, 0.2) is 6.20 Å². The standard InChI is InChI=1S/C11H18ClN5O/c1-4-14-11-15-5-7(12)10(17-11)16-8(6(2)3)9(13)18/h5-6,8H,4H2,1-3H3,(H2,13,18)(H2,14,15,16,17). The fourth-order valence-corrected chi connectivity index (χ4v) is 1.57. The van der Waals surface area contributed by atoms with E-state index in [4.69, 9.17) is 17.3 Å². The van der Waals surface area contributed by atoms with Crippen molar-refractivity contribution in [2.24, 2.45) is 11.7 Å². The first-order valence-corrected chi connectivity index (χ1v) is 6.15. The Morgan fingerprint density at radius 1 is 1.56 bits per heavy atom. The molecule has 6 nitrogen and oxygen atoms in total. The van der Waals surface area contributed by atoms with E-state index in [9.17, 15) is 4.79 Å². The number of amides is 1. The van der Waals surface area contributed by atoms with Gasteiger partial charge in [0.15, 0.2) is 5.82 Å². The number of nitrogens with two attached hydrogens (primary N) is 1. The summed E-state index contributed by atoms with van der Waals surface area (Å²) in [6.45, 7) is 6.42. The van der Waals surface area contributed by atoms with Gasteiger partial charge in [-0.05, 0) is 12.8 Å². The third-order valence-corrected chi connectivity index (χ3v) is 2.62. The minimum absolute atomic E-state index is 0.0381. The van der Waals surface area contributed by atoms with Gasteiger partial charge >= 0.3 is 0 Å². The third kappa shape index (κ3) is 3.73. The van der Waals surface area contributed by atoms with E-state index in [-0.39, 0.29) is 5.92 Å². The highest BCUT2D eigenvalue weighted by Crippen LogP contribution is 2.21. The molecule has 0 saturated heterocycles. The quantitative estimate of drug-likeness (QED) is 0.729. The maximum absolute atomic E-state index is 11.3. The summed E-state index contributed by atoms with van der Waals surface area (Å²) in [7, 11) is 0. The van der Waals surface area contributed by atoms with Gasteiger partial charge in [0, 0.05) is 6.54 Å². The molecule has 1 aromatic heterocycles. The molecular formula is C11H18ClN5O. The van der Waals surface area contributed by atoms with E-state index in [0.717, 1.165) is 0 Å². The fraction of sp³-hybridized carbons (Fsp3) is 0.545. The van der Waals surface area contributed by atoms with E-state index >= 15 is 0 Å². The molecule has 0 bridgehead atoms. The molecule has 0 aromatic carbocycles. The summed E-state index contributed by atoms with van der Waals surface area (Å²) in [4.78, 5) is 19.5. The van der Waals surface area contributed by atoms with Crippen LogP contribution in [0.3, 0.4) is 0 Å². The second-order valence-electron chi connectivity index (χ2n) is 4.19. The first-order chi connectivity index (χ1) is 8.45. The van der Waals surface area contributed by atoms with Crippen LogP contribution < -0.4 is 16.4 Å². The molecule has 0 aliphatic carbocycles. The molecule has 1 atom stereocenters. The molecule has 1 aromatic rings. The second-order valence-corrected chi connectivity index (χ2v) is 4.60. The highest BCUT2D eigenvalue weighted by atomic mass is 35.5. The van der Waals surface area contributed by atoms with E-state index in [0.29, 0.717) is 23.3 Å². The zero-order valence-electron chi connectivity index (χ0n) is 10.7. The maximum atomic E-state index is 11.3. The summed E-state index contributed by atoms with van der Waals surface area (Å²) in [5, 5.41) is 6.27. The van der Waals surface area contributed by atoms with Gasteiger partial charge in [0.25, 0.3) is 0 Å². The lowest BCUT2D eigenvalue weighted by Crippen LogP contribution is -2.39. The number of aromatic nitrogens is 2. The van der Waals surface area contributed by atoms with Gasteiger partial charge in [-0.15, -0.1) is 0 Å². The number of primary amides is 1. The Kier molecular flexibility index (Phi) is 5.15. The van der Waals surface area contributed by atoms with Crippen molar-refractivity contribution in [3.8, 4) is 0 Å². The Morgan fingerprint density at radius 3 is 2.72 bits per heavy atom. The monoisotopic (exact) mass is 271 g/mol. The minimum atomic E-state index is -0.521. The van der Waals surface area contributed by atoms with Gasteiger partial charge in [0.05, 0.1) is 6.20 Å². The Bertz CT molecular complexity index is 424. The molecule has 1 rings (SSSR count). The van der Waals surface area contributed by atoms with Crippen LogP contribution in [0.2, 0.25) is 5.02 Å². The van der Waals surface area contributed by atoms with E-state index < -0.39 is 11.9 Å². The van der Waals surface area contributed by atoms with Crippen LogP contribution in [0.1, 0.15) is 20.8 Å². The van der Waals surface area contributed by atoms with Crippen LogP contribution in [0, 0.1) is 5.92 Å². The van der Waals surface area contributed by atoms with Crippen LogP contribution in [0.5, 0.6) is 0 Å². The van der Waals surface area contributed by atoms with Crippen molar-refractivity contribution in [1.82, 2.24) is 9.97 Å². The second kappa shape index (κ2) is 6.39. The SMILES string of the molecule is CCNc1ncc(Cl)c(NC(C(N)=O)C(C)C)n1. The molecular weight excluding hydrogens is 254 g/mol. The lowest BCUT2D eigenvalue weighted by molar-refractivity contribution is -0.119. The summed E-state index contributed by atoms with van der Waals surface area (Å²) in [5.74, 6) is 0.456. The number of hydrogen-bond acceptors (Lipinski definition) is 5. The number of rotatable bonds is 6. The molecule has 0 radical (unpaired) electrons. The lowest BCUT2D eigenvalue weighted by atomic mass is 10.0. The zero-order valence-corrected chi connectivity index (χ0v) is 11.5. The molecule has 0 saturated carbocycles. The van der Waals surface area contributed by atoms with Crippen LogP contribution >= 0.6 is 11.6 Å². The molecule has 1 amide bonds. The van der Waals surface area contributed by atoms with Crippen molar-refractivity contribution < 1.29 is 4.79 Å². The Morgan fingerprint density at radius 2 is 2.22 bits per heavy atom. The summed E-state index contributed by atoms with van der Waals surface area (Å²) < 4.78 is 0. The maximum Gasteiger partial charge on any atom is 0.240 e. The molecule has 1 heterocycles. The van der Waals surface area contributed by atoms with E-state index in [1.54, 1.807) is 0 Å². The summed E-state index contributed by atoms with van der Waals surface area (Å²) in [5.41, 5.74) is 5.33. The van der Waals surface area contributed by atoms with Gasteiger partial charge in [-0.3, -0.25) is 4.79 Å². The largest absolute Gasteiger partial charge is 0.368 e. The van der Waals surface area contributed by atoms with E-state index in [1.807, 2.05) is 20.8 Å². The molecule has 7 heteroatoms. The van der Waals surface area contributed by atoms with Crippen molar-refractivity contribution in [2.75, 3.05) is 17.2 Å². The molecule has 0 aliphatic heterocycles. The summed E-state index contributed by atoms with van der Waals surface area (Å²) >= 11 is 5.98. The Hall–Kier alpha value is -1.56. The molecule has 0 spiro atoms. The molecule has 0 aliphatic rings. The van der Waals surface area contributed by atoms with Gasteiger partial charge in [0.2, 0.25) is 11.9 Å². The number of carbonyl (C=O) groups is 1. The average Bonchev–Trinajstić information content (AvgIpc) is 2.29. The molecule has 100 valence electrons. The number of nitrogens with zero attached hydrogens (tertiary/aromatic N) is 2. The van der Waals surface area contributed by atoms with Gasteiger partial charge in [-0.2, -0.15) is 4.98 Å². The van der Waals surface area contributed by atoms with Crippen LogP contribution in [0.25, 0.3) is 0 Å². The van der Waals surface area contributed by atoms with Crippen molar-refractivity contribution in [1.29, 1.82) is 0 Å². The fourth-order valence-electron chi connectivity index (χ4n) is 1.43. The summed E-state index contributed by atoms with van der Waals surface area (Å²) in [6, 6.07) is -0.521. The molecule has 4 N–H and O–H groups in total. The van der Waals surface area contributed by atoms with E-state index in [1.165, 1.54) is 6.20 Å². The van der Waals surface area contributed by atoms with Gasteiger partial charge in [-0.25, -0.2) is 4.98 Å². The number of halogens is 1. The van der Waals surface area contributed by atoms with Gasteiger partial charge in [-0.1, -0.05) is 25.4 Å². The smallest absolute Gasteiger partial charge is 0.240 e. The summed E-state index contributed by atoms with van der Waals surface area (Å²) in [6.07, 6.45) is 1.48. The highest BCUT2D eigenvalue weighted by Gasteiger charge is 2.21. The molecule has 0 fully saturated rings. The predicted molar refractivity (Wildman–Crippen MR) is 72.6 cm³/mol. The number of hydrogen-bond donors (Lipinski definition) is 3. The number of anilines is 2. The number of carbonyl (C=O) groups excluding carboxylic acids is 1. The average molecular weight is 272 g/mol. The minimum Gasteiger partial charge on any atom is -0.368 e. The van der Waals surface area contributed by atoms with Gasteiger partial charge < -0.3 is 16.4 Å². The third-order valence-electron chi connectivity index (χ3n) is 2.34. The predicted octanol–water partition coefficient (Wildman–Crippen LogP) is 1.48.